The molecule has 2 heterocycles. The smallest absolute Gasteiger partial charge is 0.224 e. The summed E-state index contributed by atoms with van der Waals surface area (Å²) in [5.74, 6) is 0.871. The number of hydrogen-bond acceptors (Lipinski definition) is 3. The van der Waals surface area contributed by atoms with Crippen LogP contribution in [0, 0.1) is 0 Å². The number of carbonyl (C=O) groups excluding carboxylic acids is 1. The summed E-state index contributed by atoms with van der Waals surface area (Å²) >= 11 is 0. The van der Waals surface area contributed by atoms with Gasteiger partial charge in [0, 0.05) is 25.9 Å². The normalized spacial score (nSPS) is 14.4. The third-order valence-electron chi connectivity index (χ3n) is 3.80. The molecule has 4 nitrogen and oxygen atoms in total. The van der Waals surface area contributed by atoms with Gasteiger partial charge in [0.05, 0.1) is 17.6 Å². The molecule has 0 atom stereocenters. The Morgan fingerprint density at radius 3 is 2.71 bits per heavy atom. The first-order valence-corrected chi connectivity index (χ1v) is 7.49. The Labute approximate surface area is 124 Å². The van der Waals surface area contributed by atoms with Gasteiger partial charge in [-0.2, -0.15) is 0 Å². The van der Waals surface area contributed by atoms with Crippen LogP contribution in [0.4, 0.5) is 11.4 Å². The predicted molar refractivity (Wildman–Crippen MR) is 83.5 cm³/mol. The average molecular weight is 284 g/mol. The number of aryl methyl sites for hydroxylation is 1. The third kappa shape index (κ3) is 3.45. The highest BCUT2D eigenvalue weighted by Crippen LogP contribution is 2.28. The lowest BCUT2D eigenvalue weighted by atomic mass is 10.2. The molecule has 0 unspecified atom stereocenters. The number of hydrogen-bond donors (Lipinski definition) is 1. The van der Waals surface area contributed by atoms with Crippen molar-refractivity contribution in [2.45, 2.75) is 25.7 Å². The van der Waals surface area contributed by atoms with Gasteiger partial charge in [-0.25, -0.2) is 0 Å². The molecule has 0 bridgehead atoms. The number of carbonyl (C=O) groups is 1. The zero-order chi connectivity index (χ0) is 14.5. The summed E-state index contributed by atoms with van der Waals surface area (Å²) in [5.41, 5.74) is 2.03. The number of benzene rings is 1. The van der Waals surface area contributed by atoms with E-state index >= 15 is 0 Å². The zero-order valence-electron chi connectivity index (χ0n) is 12.0. The minimum atomic E-state index is 0.0260. The zero-order valence-corrected chi connectivity index (χ0v) is 12.0. The molecule has 0 saturated carbocycles. The van der Waals surface area contributed by atoms with E-state index in [-0.39, 0.29) is 5.91 Å². The number of amides is 1. The number of nitrogens with zero attached hydrogens (tertiary/aromatic N) is 1. The quantitative estimate of drug-likeness (QED) is 0.914. The van der Waals surface area contributed by atoms with E-state index in [0.717, 1.165) is 30.2 Å². The maximum Gasteiger partial charge on any atom is 0.224 e. The fourth-order valence-corrected chi connectivity index (χ4v) is 2.72. The first-order valence-electron chi connectivity index (χ1n) is 7.49. The van der Waals surface area contributed by atoms with Gasteiger partial charge >= 0.3 is 0 Å². The Bertz CT molecular complexity index is 587. The number of anilines is 2. The van der Waals surface area contributed by atoms with Crippen LogP contribution in [0.25, 0.3) is 0 Å². The molecular weight excluding hydrogens is 264 g/mol. The highest BCUT2D eigenvalue weighted by atomic mass is 16.3. The van der Waals surface area contributed by atoms with Crippen molar-refractivity contribution in [3.63, 3.8) is 0 Å². The summed E-state index contributed by atoms with van der Waals surface area (Å²) in [5, 5.41) is 3.03. The first kappa shape index (κ1) is 13.7. The maximum absolute atomic E-state index is 12.1. The Balaban J connectivity index is 1.62. The van der Waals surface area contributed by atoms with Crippen molar-refractivity contribution >= 4 is 17.3 Å². The minimum Gasteiger partial charge on any atom is -0.469 e. The van der Waals surface area contributed by atoms with Crippen molar-refractivity contribution in [2.75, 3.05) is 23.3 Å². The molecule has 1 amide bonds. The maximum atomic E-state index is 12.1. The number of furan rings is 1. The molecule has 0 radical (unpaired) electrons. The van der Waals surface area contributed by atoms with Crippen molar-refractivity contribution in [3.8, 4) is 0 Å². The summed E-state index contributed by atoms with van der Waals surface area (Å²) in [7, 11) is 0. The van der Waals surface area contributed by atoms with Crippen LogP contribution in [0.15, 0.2) is 47.1 Å². The predicted octanol–water partition coefficient (Wildman–Crippen LogP) is 3.45. The van der Waals surface area contributed by atoms with E-state index in [9.17, 15) is 4.79 Å². The van der Waals surface area contributed by atoms with Gasteiger partial charge in [-0.3, -0.25) is 4.79 Å². The van der Waals surface area contributed by atoms with Crippen LogP contribution in [-0.2, 0) is 11.2 Å². The van der Waals surface area contributed by atoms with Crippen LogP contribution in [-0.4, -0.2) is 19.0 Å². The van der Waals surface area contributed by atoms with Crippen LogP contribution in [0.5, 0.6) is 0 Å². The molecule has 1 aliphatic heterocycles. The molecule has 1 aromatic heterocycles. The lowest BCUT2D eigenvalue weighted by Crippen LogP contribution is -2.21. The Morgan fingerprint density at radius 2 is 1.95 bits per heavy atom. The van der Waals surface area contributed by atoms with Gasteiger partial charge in [-0.1, -0.05) is 12.1 Å². The lowest BCUT2D eigenvalue weighted by Gasteiger charge is -2.21. The molecule has 0 spiro atoms. The molecule has 1 saturated heterocycles. The van der Waals surface area contributed by atoms with E-state index in [1.165, 1.54) is 12.8 Å². The van der Waals surface area contributed by atoms with Gasteiger partial charge in [0.25, 0.3) is 0 Å². The summed E-state index contributed by atoms with van der Waals surface area (Å²) < 4.78 is 5.25. The molecule has 2 aromatic rings. The molecular formula is C17H20N2O2. The van der Waals surface area contributed by atoms with Gasteiger partial charge in [0.2, 0.25) is 5.91 Å². The fourth-order valence-electron chi connectivity index (χ4n) is 2.72. The largest absolute Gasteiger partial charge is 0.469 e. The van der Waals surface area contributed by atoms with Crippen LogP contribution in [0.1, 0.15) is 25.0 Å². The first-order chi connectivity index (χ1) is 10.3. The molecule has 1 aliphatic rings. The molecule has 0 aliphatic carbocycles. The van der Waals surface area contributed by atoms with Gasteiger partial charge < -0.3 is 14.6 Å². The molecule has 1 aromatic carbocycles. The standard InChI is InChI=1S/C17H20N2O2/c20-17(10-9-14-6-5-13-21-14)18-15-7-1-2-8-16(15)19-11-3-4-12-19/h1-2,5-8,13H,3-4,9-12H2,(H,18,20). The molecule has 110 valence electrons. The molecule has 4 heteroatoms. The highest BCUT2D eigenvalue weighted by Gasteiger charge is 2.16. The van der Waals surface area contributed by atoms with Crippen molar-refractivity contribution in [3.05, 3.63) is 48.4 Å². The van der Waals surface area contributed by atoms with E-state index in [4.69, 9.17) is 4.42 Å². The number of para-hydroxylation sites is 2. The van der Waals surface area contributed by atoms with Crippen LogP contribution < -0.4 is 10.2 Å². The monoisotopic (exact) mass is 284 g/mol. The minimum absolute atomic E-state index is 0.0260. The van der Waals surface area contributed by atoms with Gasteiger partial charge in [-0.15, -0.1) is 0 Å². The molecule has 3 rings (SSSR count). The number of rotatable bonds is 5. The van der Waals surface area contributed by atoms with E-state index in [2.05, 4.69) is 16.3 Å². The van der Waals surface area contributed by atoms with Crippen LogP contribution in [0.2, 0.25) is 0 Å². The molecule has 1 N–H and O–H groups in total. The third-order valence-corrected chi connectivity index (χ3v) is 3.80. The van der Waals surface area contributed by atoms with E-state index in [1.54, 1.807) is 6.26 Å². The summed E-state index contributed by atoms with van der Waals surface area (Å²) in [4.78, 5) is 14.4. The van der Waals surface area contributed by atoms with E-state index in [1.807, 2.05) is 30.3 Å². The second-order valence-electron chi connectivity index (χ2n) is 5.34. The summed E-state index contributed by atoms with van der Waals surface area (Å²) in [6.07, 6.45) is 5.14. The highest BCUT2D eigenvalue weighted by molar-refractivity contribution is 5.94. The van der Waals surface area contributed by atoms with Crippen LogP contribution >= 0.6 is 0 Å². The Morgan fingerprint density at radius 1 is 1.14 bits per heavy atom. The Hall–Kier alpha value is -2.23. The van der Waals surface area contributed by atoms with Crippen molar-refractivity contribution in [2.24, 2.45) is 0 Å². The fraction of sp³-hybridized carbons (Fsp3) is 0.353. The van der Waals surface area contributed by atoms with Crippen molar-refractivity contribution in [1.29, 1.82) is 0 Å². The van der Waals surface area contributed by atoms with Gasteiger partial charge in [-0.05, 0) is 37.1 Å². The second kappa shape index (κ2) is 6.48. The summed E-state index contributed by atoms with van der Waals surface area (Å²) in [6, 6.07) is 11.8. The number of nitrogens with one attached hydrogen (secondary N) is 1. The lowest BCUT2D eigenvalue weighted by molar-refractivity contribution is -0.116. The van der Waals surface area contributed by atoms with E-state index in [0.29, 0.717) is 12.8 Å². The molecule has 21 heavy (non-hydrogen) atoms. The molecule has 1 fully saturated rings. The van der Waals surface area contributed by atoms with Crippen molar-refractivity contribution in [1.82, 2.24) is 0 Å². The van der Waals surface area contributed by atoms with Crippen molar-refractivity contribution < 1.29 is 9.21 Å². The topological polar surface area (TPSA) is 45.5 Å². The van der Waals surface area contributed by atoms with Gasteiger partial charge in [0.15, 0.2) is 0 Å². The van der Waals surface area contributed by atoms with E-state index < -0.39 is 0 Å². The average Bonchev–Trinajstić information content (AvgIpc) is 3.19. The van der Waals surface area contributed by atoms with Crippen LogP contribution in [0.3, 0.4) is 0 Å². The SMILES string of the molecule is O=C(CCc1ccco1)Nc1ccccc1N1CCCC1. The second-order valence-corrected chi connectivity index (χ2v) is 5.34. The Kier molecular flexibility index (Phi) is 4.24. The summed E-state index contributed by atoms with van der Waals surface area (Å²) in [6.45, 7) is 2.14. The van der Waals surface area contributed by atoms with Gasteiger partial charge in [0.1, 0.15) is 5.76 Å².